The molecular formula is C29H28N2O. The number of aromatic amines is 1. The molecule has 3 nitrogen and oxygen atoms in total. The molecule has 0 unspecified atom stereocenters. The Morgan fingerprint density at radius 3 is 2.47 bits per heavy atom. The molecule has 0 radical (unpaired) electrons. The van der Waals surface area contributed by atoms with Crippen LogP contribution in [0, 0.1) is 6.92 Å². The van der Waals surface area contributed by atoms with Gasteiger partial charge >= 0.3 is 0 Å². The molecule has 5 rings (SSSR count). The highest BCUT2D eigenvalue weighted by atomic mass is 16.5. The Morgan fingerprint density at radius 1 is 0.812 bits per heavy atom. The van der Waals surface area contributed by atoms with Gasteiger partial charge in [0.25, 0.3) is 0 Å². The number of benzene rings is 4. The molecule has 0 bridgehead atoms. The second-order valence-corrected chi connectivity index (χ2v) is 8.32. The molecule has 1 aromatic heterocycles. The smallest absolute Gasteiger partial charge is 0.124 e. The van der Waals surface area contributed by atoms with Crippen LogP contribution < -0.4 is 10.1 Å². The van der Waals surface area contributed by atoms with Crippen LogP contribution in [0.2, 0.25) is 0 Å². The molecular weight excluding hydrogens is 392 g/mol. The van der Waals surface area contributed by atoms with Crippen molar-refractivity contribution in [2.75, 3.05) is 6.54 Å². The number of hydrogen-bond donors (Lipinski definition) is 2. The van der Waals surface area contributed by atoms with Crippen LogP contribution in [0.25, 0.3) is 21.7 Å². The van der Waals surface area contributed by atoms with Gasteiger partial charge in [-0.2, -0.15) is 0 Å². The summed E-state index contributed by atoms with van der Waals surface area (Å²) in [7, 11) is 0. The molecule has 0 aliphatic heterocycles. The van der Waals surface area contributed by atoms with Crippen LogP contribution in [-0.4, -0.2) is 11.5 Å². The van der Waals surface area contributed by atoms with Crippen LogP contribution in [-0.2, 0) is 19.6 Å². The van der Waals surface area contributed by atoms with Crippen molar-refractivity contribution in [2.45, 2.75) is 26.5 Å². The van der Waals surface area contributed by atoms with Gasteiger partial charge in [-0.15, -0.1) is 0 Å². The fourth-order valence-electron chi connectivity index (χ4n) is 4.25. The van der Waals surface area contributed by atoms with E-state index in [1.165, 1.54) is 43.9 Å². The average molecular weight is 421 g/mol. The molecule has 0 saturated carbocycles. The fourth-order valence-corrected chi connectivity index (χ4v) is 4.25. The van der Waals surface area contributed by atoms with Crippen molar-refractivity contribution in [3.63, 3.8) is 0 Å². The number of ether oxygens (including phenoxy) is 1. The number of fused-ring (bicyclic) bond motifs is 2. The molecule has 2 N–H and O–H groups in total. The molecule has 160 valence electrons. The summed E-state index contributed by atoms with van der Waals surface area (Å²) < 4.78 is 6.29. The summed E-state index contributed by atoms with van der Waals surface area (Å²) >= 11 is 0. The van der Waals surface area contributed by atoms with Gasteiger partial charge in [0.15, 0.2) is 0 Å². The third-order valence-electron chi connectivity index (χ3n) is 6.06. The molecule has 0 aliphatic carbocycles. The van der Waals surface area contributed by atoms with Gasteiger partial charge in [0.05, 0.1) is 0 Å². The van der Waals surface area contributed by atoms with Gasteiger partial charge in [0.1, 0.15) is 12.4 Å². The van der Waals surface area contributed by atoms with Crippen molar-refractivity contribution in [3.05, 3.63) is 113 Å². The molecule has 0 spiro atoms. The van der Waals surface area contributed by atoms with E-state index in [0.717, 1.165) is 25.3 Å². The minimum absolute atomic E-state index is 0.570. The van der Waals surface area contributed by atoms with E-state index in [4.69, 9.17) is 4.74 Å². The molecule has 32 heavy (non-hydrogen) atoms. The van der Waals surface area contributed by atoms with Crippen LogP contribution >= 0.6 is 0 Å². The lowest BCUT2D eigenvalue weighted by atomic mass is 10.0. The van der Waals surface area contributed by atoms with Crippen molar-refractivity contribution in [1.82, 2.24) is 10.3 Å². The second kappa shape index (κ2) is 9.29. The third-order valence-corrected chi connectivity index (χ3v) is 6.06. The van der Waals surface area contributed by atoms with Crippen molar-refractivity contribution in [3.8, 4) is 5.75 Å². The average Bonchev–Trinajstić information content (AvgIpc) is 3.25. The van der Waals surface area contributed by atoms with Gasteiger partial charge in [0, 0.05) is 29.2 Å². The number of aryl methyl sites for hydroxylation is 1. The summed E-state index contributed by atoms with van der Waals surface area (Å²) in [5.41, 5.74) is 6.21. The minimum atomic E-state index is 0.570. The van der Waals surface area contributed by atoms with E-state index in [9.17, 15) is 0 Å². The number of hydrogen-bond acceptors (Lipinski definition) is 2. The van der Waals surface area contributed by atoms with Crippen molar-refractivity contribution < 1.29 is 4.74 Å². The predicted octanol–water partition coefficient (Wildman–Crippen LogP) is 6.54. The first-order valence-electron chi connectivity index (χ1n) is 11.2. The minimum Gasteiger partial charge on any atom is -0.489 e. The topological polar surface area (TPSA) is 37.0 Å². The van der Waals surface area contributed by atoms with E-state index in [0.29, 0.717) is 6.61 Å². The first-order valence-corrected chi connectivity index (χ1v) is 11.2. The van der Waals surface area contributed by atoms with E-state index < -0.39 is 0 Å². The van der Waals surface area contributed by atoms with Gasteiger partial charge < -0.3 is 15.0 Å². The maximum atomic E-state index is 6.29. The van der Waals surface area contributed by atoms with Gasteiger partial charge in [0.2, 0.25) is 0 Å². The Hall–Kier alpha value is -3.56. The standard InChI is InChI=1S/C29H28N2O/c1-21-10-12-22(13-11-21)20-32-29-15-14-23-6-2-3-7-25(23)27(29)19-30-17-16-24-18-31-28-9-5-4-8-26(24)28/h2-15,18,30-31H,16-17,19-20H2,1H3. The maximum absolute atomic E-state index is 6.29. The zero-order chi connectivity index (χ0) is 21.8. The van der Waals surface area contributed by atoms with Crippen LogP contribution in [0.15, 0.2) is 91.1 Å². The Morgan fingerprint density at radius 2 is 1.59 bits per heavy atom. The van der Waals surface area contributed by atoms with Gasteiger partial charge in [-0.05, 0) is 53.9 Å². The second-order valence-electron chi connectivity index (χ2n) is 8.32. The molecule has 5 aromatic rings. The number of rotatable bonds is 8. The number of nitrogens with one attached hydrogen (secondary N) is 2. The molecule has 0 atom stereocenters. The maximum Gasteiger partial charge on any atom is 0.124 e. The zero-order valence-electron chi connectivity index (χ0n) is 18.4. The highest BCUT2D eigenvalue weighted by molar-refractivity contribution is 5.87. The Labute approximate surface area is 189 Å². The molecule has 0 fully saturated rings. The molecule has 0 aliphatic rings. The van der Waals surface area contributed by atoms with Crippen molar-refractivity contribution >= 4 is 21.7 Å². The summed E-state index contributed by atoms with van der Waals surface area (Å²) in [6, 6.07) is 29.8. The lowest BCUT2D eigenvalue weighted by Crippen LogP contribution is -2.17. The summed E-state index contributed by atoms with van der Waals surface area (Å²) in [4.78, 5) is 3.37. The van der Waals surface area contributed by atoms with Crippen LogP contribution in [0.1, 0.15) is 22.3 Å². The summed E-state index contributed by atoms with van der Waals surface area (Å²) in [5, 5.41) is 7.44. The zero-order valence-corrected chi connectivity index (χ0v) is 18.4. The largest absolute Gasteiger partial charge is 0.489 e. The normalized spacial score (nSPS) is 11.3. The quantitative estimate of drug-likeness (QED) is 0.280. The lowest BCUT2D eigenvalue weighted by molar-refractivity contribution is 0.303. The Balaban J connectivity index is 1.30. The first-order chi connectivity index (χ1) is 15.8. The molecule has 0 saturated heterocycles. The van der Waals surface area contributed by atoms with E-state index in [1.807, 2.05) is 0 Å². The van der Waals surface area contributed by atoms with E-state index >= 15 is 0 Å². The monoisotopic (exact) mass is 420 g/mol. The summed E-state index contributed by atoms with van der Waals surface area (Å²) in [6.07, 6.45) is 3.11. The SMILES string of the molecule is Cc1ccc(COc2ccc3ccccc3c2CNCCc2c[nH]c3ccccc23)cc1. The Kier molecular flexibility index (Phi) is 5.91. The van der Waals surface area contributed by atoms with Crippen LogP contribution in [0.3, 0.4) is 0 Å². The van der Waals surface area contributed by atoms with Gasteiger partial charge in [-0.25, -0.2) is 0 Å². The number of H-pyrrole nitrogens is 1. The van der Waals surface area contributed by atoms with Crippen LogP contribution in [0.4, 0.5) is 0 Å². The fraction of sp³-hybridized carbons (Fsp3) is 0.172. The highest BCUT2D eigenvalue weighted by Gasteiger charge is 2.10. The molecule has 3 heteroatoms. The van der Waals surface area contributed by atoms with E-state index in [-0.39, 0.29) is 0 Å². The highest BCUT2D eigenvalue weighted by Crippen LogP contribution is 2.29. The lowest BCUT2D eigenvalue weighted by Gasteiger charge is -2.15. The van der Waals surface area contributed by atoms with Crippen molar-refractivity contribution in [1.29, 1.82) is 0 Å². The summed E-state index contributed by atoms with van der Waals surface area (Å²) in [5.74, 6) is 0.948. The third kappa shape index (κ3) is 4.39. The van der Waals surface area contributed by atoms with Gasteiger partial charge in [-0.1, -0.05) is 78.4 Å². The number of aromatic nitrogens is 1. The summed E-state index contributed by atoms with van der Waals surface area (Å²) in [6.45, 7) is 4.35. The molecule has 1 heterocycles. The first kappa shape index (κ1) is 20.3. The van der Waals surface area contributed by atoms with Crippen molar-refractivity contribution in [2.24, 2.45) is 0 Å². The molecule has 4 aromatic carbocycles. The van der Waals surface area contributed by atoms with Gasteiger partial charge in [-0.3, -0.25) is 0 Å². The van der Waals surface area contributed by atoms with E-state index in [2.05, 4.69) is 108 Å². The Bertz CT molecular complexity index is 1330. The number of para-hydroxylation sites is 1. The molecule has 0 amide bonds. The van der Waals surface area contributed by atoms with Crippen LogP contribution in [0.5, 0.6) is 5.75 Å². The van der Waals surface area contributed by atoms with E-state index in [1.54, 1.807) is 0 Å². The predicted molar refractivity (Wildman–Crippen MR) is 133 cm³/mol.